The summed E-state index contributed by atoms with van der Waals surface area (Å²) in [4.78, 5) is 22.7. The molecule has 0 aliphatic rings. The number of anilines is 1. The van der Waals surface area contributed by atoms with Gasteiger partial charge in [-0.1, -0.05) is 18.5 Å². The number of carboxylic acids is 1. The molecule has 5 nitrogen and oxygen atoms in total. The highest BCUT2D eigenvalue weighted by Crippen LogP contribution is 2.19. The van der Waals surface area contributed by atoms with E-state index >= 15 is 0 Å². The van der Waals surface area contributed by atoms with Gasteiger partial charge in [-0.05, 0) is 30.9 Å². The van der Waals surface area contributed by atoms with E-state index in [9.17, 15) is 9.59 Å². The standard InChI is InChI=1S/C13H17ClN2O3S/c1-3-20-7-8(2)15-13(19)16-11-5-9(12(17)18)4-10(14)6-11/h4-6,8H,3,7H2,1-2H3,(H,17,18)(H2,15,16,19). The van der Waals surface area contributed by atoms with Crippen molar-refractivity contribution in [3.63, 3.8) is 0 Å². The molecule has 0 radical (unpaired) electrons. The molecule has 1 atom stereocenters. The van der Waals surface area contributed by atoms with Gasteiger partial charge in [0.05, 0.1) is 5.56 Å². The highest BCUT2D eigenvalue weighted by Gasteiger charge is 2.10. The molecule has 3 N–H and O–H groups in total. The zero-order chi connectivity index (χ0) is 15.1. The largest absolute Gasteiger partial charge is 0.478 e. The molecule has 7 heteroatoms. The Morgan fingerprint density at radius 2 is 2.10 bits per heavy atom. The van der Waals surface area contributed by atoms with Gasteiger partial charge in [-0.15, -0.1) is 0 Å². The average Bonchev–Trinajstić information content (AvgIpc) is 2.35. The summed E-state index contributed by atoms with van der Waals surface area (Å²) < 4.78 is 0. The first-order chi connectivity index (χ1) is 9.42. The number of thioether (sulfide) groups is 1. The first-order valence-electron chi connectivity index (χ1n) is 6.11. The topological polar surface area (TPSA) is 78.4 Å². The lowest BCUT2D eigenvalue weighted by Gasteiger charge is -2.14. The zero-order valence-corrected chi connectivity index (χ0v) is 12.8. The number of rotatable bonds is 6. The summed E-state index contributed by atoms with van der Waals surface area (Å²) in [6, 6.07) is 3.83. The lowest BCUT2D eigenvalue weighted by atomic mass is 10.2. The van der Waals surface area contributed by atoms with Crippen molar-refractivity contribution < 1.29 is 14.7 Å². The molecule has 1 aromatic carbocycles. The second-order valence-corrected chi connectivity index (χ2v) is 5.95. The Morgan fingerprint density at radius 1 is 1.40 bits per heavy atom. The summed E-state index contributed by atoms with van der Waals surface area (Å²) in [5.41, 5.74) is 0.380. The van der Waals surface area contributed by atoms with Crippen LogP contribution in [0.2, 0.25) is 5.02 Å². The van der Waals surface area contributed by atoms with E-state index in [4.69, 9.17) is 16.7 Å². The molecule has 1 aromatic rings. The second kappa shape index (κ2) is 8.01. The van der Waals surface area contributed by atoms with E-state index in [0.717, 1.165) is 11.5 Å². The lowest BCUT2D eigenvalue weighted by Crippen LogP contribution is -2.37. The SMILES string of the molecule is CCSCC(C)NC(=O)Nc1cc(Cl)cc(C(=O)O)c1. The fraction of sp³-hybridized carbons (Fsp3) is 0.385. The summed E-state index contributed by atoms with van der Waals surface area (Å²) >= 11 is 7.55. The number of hydrogen-bond acceptors (Lipinski definition) is 3. The Morgan fingerprint density at radius 3 is 2.70 bits per heavy atom. The molecule has 1 unspecified atom stereocenters. The monoisotopic (exact) mass is 316 g/mol. The minimum Gasteiger partial charge on any atom is -0.478 e. The number of nitrogens with one attached hydrogen (secondary N) is 2. The summed E-state index contributed by atoms with van der Waals surface area (Å²) in [5.74, 6) is 0.715. The molecule has 0 saturated heterocycles. The number of aromatic carboxylic acids is 1. The highest BCUT2D eigenvalue weighted by atomic mass is 35.5. The van der Waals surface area contributed by atoms with Gasteiger partial charge >= 0.3 is 12.0 Å². The van der Waals surface area contributed by atoms with Crippen LogP contribution in [0.4, 0.5) is 10.5 Å². The van der Waals surface area contributed by atoms with Gasteiger partial charge in [-0.25, -0.2) is 9.59 Å². The Bertz CT molecular complexity index is 497. The van der Waals surface area contributed by atoms with Crippen LogP contribution in [0.3, 0.4) is 0 Å². The third-order valence-electron chi connectivity index (χ3n) is 2.35. The molecule has 0 heterocycles. The molecular formula is C13H17ClN2O3S. The number of urea groups is 1. The normalized spacial score (nSPS) is 11.8. The van der Waals surface area contributed by atoms with Crippen molar-refractivity contribution >= 4 is 41.1 Å². The molecule has 0 spiro atoms. The third kappa shape index (κ3) is 5.71. The number of carbonyl (C=O) groups is 2. The second-order valence-electron chi connectivity index (χ2n) is 4.19. The molecule has 0 saturated carbocycles. The van der Waals surface area contributed by atoms with Crippen molar-refractivity contribution in [1.29, 1.82) is 0 Å². The van der Waals surface area contributed by atoms with Crippen LogP contribution in [0.15, 0.2) is 18.2 Å². The quantitative estimate of drug-likeness (QED) is 0.752. The molecule has 0 bridgehead atoms. The van der Waals surface area contributed by atoms with Crippen molar-refractivity contribution in [2.24, 2.45) is 0 Å². The number of hydrogen-bond donors (Lipinski definition) is 3. The summed E-state index contributed by atoms with van der Waals surface area (Å²) in [7, 11) is 0. The maximum atomic E-state index is 11.8. The predicted molar refractivity (Wildman–Crippen MR) is 83.0 cm³/mol. The number of carbonyl (C=O) groups excluding carboxylic acids is 1. The Labute approximate surface area is 127 Å². The van der Waals surface area contributed by atoms with E-state index in [1.54, 1.807) is 11.8 Å². The van der Waals surface area contributed by atoms with Crippen LogP contribution in [0.1, 0.15) is 24.2 Å². The average molecular weight is 317 g/mol. The minimum absolute atomic E-state index is 0.0260. The van der Waals surface area contributed by atoms with Gasteiger partial charge in [0.1, 0.15) is 0 Å². The fourth-order valence-corrected chi connectivity index (χ4v) is 2.42. The number of halogens is 1. The van der Waals surface area contributed by atoms with Gasteiger partial charge in [-0.2, -0.15) is 11.8 Å². The molecule has 0 aliphatic heterocycles. The molecule has 0 fully saturated rings. The van der Waals surface area contributed by atoms with Crippen LogP contribution in [-0.2, 0) is 0 Å². The first-order valence-corrected chi connectivity index (χ1v) is 7.64. The fourth-order valence-electron chi connectivity index (χ4n) is 1.51. The minimum atomic E-state index is -1.09. The van der Waals surface area contributed by atoms with Crippen molar-refractivity contribution in [2.75, 3.05) is 16.8 Å². The third-order valence-corrected chi connectivity index (χ3v) is 3.71. The number of amides is 2. The molecular weight excluding hydrogens is 300 g/mol. The lowest BCUT2D eigenvalue weighted by molar-refractivity contribution is 0.0697. The molecule has 0 aliphatic carbocycles. The summed E-state index contributed by atoms with van der Waals surface area (Å²) in [6.45, 7) is 3.96. The smallest absolute Gasteiger partial charge is 0.335 e. The number of benzene rings is 1. The van der Waals surface area contributed by atoms with Crippen molar-refractivity contribution in [3.8, 4) is 0 Å². The van der Waals surface area contributed by atoms with Gasteiger partial charge in [0, 0.05) is 22.5 Å². The van der Waals surface area contributed by atoms with Crippen LogP contribution in [0, 0.1) is 0 Å². The Kier molecular flexibility index (Phi) is 6.67. The van der Waals surface area contributed by atoms with Gasteiger partial charge in [-0.3, -0.25) is 0 Å². The van der Waals surface area contributed by atoms with E-state index in [-0.39, 0.29) is 22.7 Å². The molecule has 20 heavy (non-hydrogen) atoms. The van der Waals surface area contributed by atoms with Crippen molar-refractivity contribution in [1.82, 2.24) is 5.32 Å². The summed E-state index contributed by atoms with van der Waals surface area (Å²) in [6.07, 6.45) is 0. The van der Waals surface area contributed by atoms with Crippen LogP contribution in [0.5, 0.6) is 0 Å². The molecule has 2 amide bonds. The van der Waals surface area contributed by atoms with Crippen molar-refractivity contribution in [2.45, 2.75) is 19.9 Å². The van der Waals surface area contributed by atoms with E-state index < -0.39 is 5.97 Å². The first kappa shape index (κ1) is 16.7. The Hall–Kier alpha value is -1.40. The van der Waals surface area contributed by atoms with Crippen molar-refractivity contribution in [3.05, 3.63) is 28.8 Å². The van der Waals surface area contributed by atoms with Gasteiger partial charge < -0.3 is 15.7 Å². The molecule has 1 rings (SSSR count). The van der Waals surface area contributed by atoms with Crippen LogP contribution in [-0.4, -0.2) is 34.7 Å². The highest BCUT2D eigenvalue weighted by molar-refractivity contribution is 7.99. The van der Waals surface area contributed by atoms with E-state index in [1.807, 2.05) is 6.92 Å². The van der Waals surface area contributed by atoms with Crippen LogP contribution in [0.25, 0.3) is 0 Å². The van der Waals surface area contributed by atoms with Gasteiger partial charge in [0.15, 0.2) is 0 Å². The van der Waals surface area contributed by atoms with E-state index in [1.165, 1.54) is 18.2 Å². The van der Waals surface area contributed by atoms with E-state index in [2.05, 4.69) is 17.6 Å². The van der Waals surface area contributed by atoms with Crippen LogP contribution < -0.4 is 10.6 Å². The van der Waals surface area contributed by atoms with Crippen LogP contribution >= 0.6 is 23.4 Å². The Balaban J connectivity index is 2.64. The predicted octanol–water partition coefficient (Wildman–Crippen LogP) is 3.30. The number of carboxylic acid groups (broad SMARTS) is 1. The van der Waals surface area contributed by atoms with Gasteiger partial charge in [0.25, 0.3) is 0 Å². The maximum absolute atomic E-state index is 11.8. The van der Waals surface area contributed by atoms with E-state index in [0.29, 0.717) is 5.69 Å². The van der Waals surface area contributed by atoms with Gasteiger partial charge in [0.2, 0.25) is 0 Å². The molecule has 110 valence electrons. The maximum Gasteiger partial charge on any atom is 0.335 e. The molecule has 0 aromatic heterocycles. The summed E-state index contributed by atoms with van der Waals surface area (Å²) in [5, 5.41) is 14.5. The zero-order valence-electron chi connectivity index (χ0n) is 11.3.